The van der Waals surface area contributed by atoms with Gasteiger partial charge < -0.3 is 4.90 Å². The Hall–Kier alpha value is -0.0800. The smallest absolute Gasteiger partial charge is 0.0181 e. The van der Waals surface area contributed by atoms with Gasteiger partial charge in [-0.15, -0.1) is 0 Å². The first-order valence-electron chi connectivity index (χ1n) is 10.3. The molecule has 2 heterocycles. The molecule has 0 N–H and O–H groups in total. The molecule has 0 aromatic rings. The molecule has 4 rings (SSSR count). The second-order valence-electron chi connectivity index (χ2n) is 10.6. The minimum Gasteiger partial charge on any atom is -0.305 e. The number of likely N-dealkylation sites (tertiary alicyclic amines) is 2. The summed E-state index contributed by atoms with van der Waals surface area (Å²) in [4.78, 5) is 5.37. The summed E-state index contributed by atoms with van der Waals surface area (Å²) in [7, 11) is 2.28. The highest BCUT2D eigenvalue weighted by Gasteiger charge is 2.52. The fourth-order valence-corrected chi connectivity index (χ4v) is 6.47. The monoisotopic (exact) mass is 318 g/mol. The molecule has 2 saturated heterocycles. The fraction of sp³-hybridized carbons (Fsp3) is 1.00. The average molecular weight is 319 g/mol. The van der Waals surface area contributed by atoms with E-state index in [2.05, 4.69) is 37.6 Å². The molecule has 2 aliphatic heterocycles. The van der Waals surface area contributed by atoms with Crippen LogP contribution in [0.15, 0.2) is 0 Å². The lowest BCUT2D eigenvalue weighted by molar-refractivity contribution is -0.123. The predicted molar refractivity (Wildman–Crippen MR) is 97.6 cm³/mol. The highest BCUT2D eigenvalue weighted by molar-refractivity contribution is 5.06. The van der Waals surface area contributed by atoms with Crippen LogP contribution in [0.2, 0.25) is 0 Å². The van der Waals surface area contributed by atoms with Crippen molar-refractivity contribution in [3.05, 3.63) is 0 Å². The SMILES string of the molecule is CC1CCC2(CC1)CN(C(C)(C)C1CCC3(CC1)CN(C)C3)C2. The topological polar surface area (TPSA) is 6.48 Å². The summed E-state index contributed by atoms with van der Waals surface area (Å²) in [6.45, 7) is 13.1. The molecule has 0 aromatic heterocycles. The zero-order valence-corrected chi connectivity index (χ0v) is 16.0. The standard InChI is InChI=1S/C21H38N2/c1-17-5-9-21(10-6-17)15-23(16-21)19(2,3)18-7-11-20(12-8-18)13-22(4)14-20/h17-18H,5-16H2,1-4H3. The summed E-state index contributed by atoms with van der Waals surface area (Å²) >= 11 is 0. The van der Waals surface area contributed by atoms with E-state index in [0.29, 0.717) is 5.54 Å². The molecular formula is C21H38N2. The van der Waals surface area contributed by atoms with Crippen molar-refractivity contribution in [1.82, 2.24) is 9.80 Å². The number of hydrogen-bond acceptors (Lipinski definition) is 2. The first-order valence-corrected chi connectivity index (χ1v) is 10.3. The first-order chi connectivity index (χ1) is 10.8. The van der Waals surface area contributed by atoms with Crippen LogP contribution in [0.3, 0.4) is 0 Å². The van der Waals surface area contributed by atoms with Crippen molar-refractivity contribution < 1.29 is 0 Å². The summed E-state index contributed by atoms with van der Waals surface area (Å²) in [6, 6.07) is 0. The second-order valence-corrected chi connectivity index (χ2v) is 10.6. The van der Waals surface area contributed by atoms with Crippen LogP contribution in [-0.2, 0) is 0 Å². The Labute approximate surface area is 144 Å². The van der Waals surface area contributed by atoms with Crippen molar-refractivity contribution in [2.45, 2.75) is 77.7 Å². The summed E-state index contributed by atoms with van der Waals surface area (Å²) in [6.07, 6.45) is 11.9. The van der Waals surface area contributed by atoms with Crippen LogP contribution < -0.4 is 0 Å². The maximum Gasteiger partial charge on any atom is 0.0181 e. The lowest BCUT2D eigenvalue weighted by atomic mass is 9.60. The molecule has 2 spiro atoms. The van der Waals surface area contributed by atoms with Crippen LogP contribution in [0.1, 0.15) is 72.1 Å². The van der Waals surface area contributed by atoms with Crippen LogP contribution in [0.25, 0.3) is 0 Å². The van der Waals surface area contributed by atoms with Crippen LogP contribution in [-0.4, -0.2) is 48.6 Å². The molecule has 0 radical (unpaired) electrons. The van der Waals surface area contributed by atoms with Crippen LogP contribution in [0.5, 0.6) is 0 Å². The number of nitrogens with zero attached hydrogens (tertiary/aromatic N) is 2. The Morgan fingerprint density at radius 2 is 1.26 bits per heavy atom. The van der Waals surface area contributed by atoms with Crippen molar-refractivity contribution >= 4 is 0 Å². The minimum atomic E-state index is 0.436. The summed E-state index contributed by atoms with van der Waals surface area (Å²) in [5.74, 6) is 1.91. The van der Waals surface area contributed by atoms with Gasteiger partial charge in [-0.3, -0.25) is 4.90 Å². The Kier molecular flexibility index (Phi) is 3.89. The molecular weight excluding hydrogens is 280 g/mol. The van der Waals surface area contributed by atoms with E-state index in [1.807, 2.05) is 0 Å². The maximum atomic E-state index is 2.86. The van der Waals surface area contributed by atoms with Gasteiger partial charge in [0.25, 0.3) is 0 Å². The Morgan fingerprint density at radius 3 is 1.78 bits per heavy atom. The summed E-state index contributed by atoms with van der Waals surface area (Å²) < 4.78 is 0. The largest absolute Gasteiger partial charge is 0.305 e. The minimum absolute atomic E-state index is 0.436. The number of hydrogen-bond donors (Lipinski definition) is 0. The van der Waals surface area contributed by atoms with E-state index in [9.17, 15) is 0 Å². The van der Waals surface area contributed by atoms with Gasteiger partial charge in [0.05, 0.1) is 0 Å². The van der Waals surface area contributed by atoms with E-state index in [1.54, 1.807) is 0 Å². The highest BCUT2D eigenvalue weighted by Crippen LogP contribution is 2.52. The van der Waals surface area contributed by atoms with Gasteiger partial charge >= 0.3 is 0 Å². The van der Waals surface area contributed by atoms with E-state index >= 15 is 0 Å². The molecule has 2 aliphatic carbocycles. The van der Waals surface area contributed by atoms with Gasteiger partial charge in [-0.05, 0) is 82.1 Å². The molecule has 0 atom stereocenters. The van der Waals surface area contributed by atoms with E-state index < -0.39 is 0 Å². The molecule has 0 aromatic carbocycles. The number of rotatable bonds is 2. The van der Waals surface area contributed by atoms with Crippen LogP contribution in [0, 0.1) is 22.7 Å². The van der Waals surface area contributed by atoms with Crippen molar-refractivity contribution in [2.24, 2.45) is 22.7 Å². The van der Waals surface area contributed by atoms with Crippen LogP contribution in [0.4, 0.5) is 0 Å². The first kappa shape index (κ1) is 16.4. The van der Waals surface area contributed by atoms with Crippen LogP contribution >= 0.6 is 0 Å². The molecule has 4 fully saturated rings. The van der Waals surface area contributed by atoms with Gasteiger partial charge in [0, 0.05) is 31.7 Å². The van der Waals surface area contributed by atoms with E-state index in [-0.39, 0.29) is 0 Å². The van der Waals surface area contributed by atoms with E-state index in [0.717, 1.165) is 22.7 Å². The Balaban J connectivity index is 1.31. The van der Waals surface area contributed by atoms with Crippen molar-refractivity contribution in [3.63, 3.8) is 0 Å². The normalized spacial score (nSPS) is 35.2. The fourth-order valence-electron chi connectivity index (χ4n) is 6.47. The molecule has 4 aliphatic rings. The Bertz CT molecular complexity index is 423. The highest BCUT2D eigenvalue weighted by atomic mass is 15.3. The predicted octanol–water partition coefficient (Wildman–Crippen LogP) is 4.40. The van der Waals surface area contributed by atoms with Crippen molar-refractivity contribution in [1.29, 1.82) is 0 Å². The van der Waals surface area contributed by atoms with E-state index in [4.69, 9.17) is 0 Å². The second kappa shape index (κ2) is 5.46. The lowest BCUT2D eigenvalue weighted by Gasteiger charge is -2.62. The molecule has 0 bridgehead atoms. The lowest BCUT2D eigenvalue weighted by Crippen LogP contribution is -2.67. The van der Waals surface area contributed by atoms with Gasteiger partial charge in [0.1, 0.15) is 0 Å². The molecule has 132 valence electrons. The van der Waals surface area contributed by atoms with Gasteiger partial charge in [-0.2, -0.15) is 0 Å². The zero-order valence-electron chi connectivity index (χ0n) is 16.0. The third-order valence-corrected chi connectivity index (χ3v) is 8.46. The van der Waals surface area contributed by atoms with Gasteiger partial charge in [0.2, 0.25) is 0 Å². The molecule has 2 saturated carbocycles. The Morgan fingerprint density at radius 1 is 0.783 bits per heavy atom. The third kappa shape index (κ3) is 2.78. The van der Waals surface area contributed by atoms with Crippen molar-refractivity contribution in [3.8, 4) is 0 Å². The molecule has 0 amide bonds. The third-order valence-electron chi connectivity index (χ3n) is 8.46. The summed E-state index contributed by atoms with van der Waals surface area (Å²) in [5.41, 5.74) is 1.87. The van der Waals surface area contributed by atoms with Gasteiger partial charge in [-0.1, -0.05) is 19.8 Å². The van der Waals surface area contributed by atoms with E-state index in [1.165, 1.54) is 77.5 Å². The maximum absolute atomic E-state index is 2.86. The van der Waals surface area contributed by atoms with Crippen molar-refractivity contribution in [2.75, 3.05) is 33.2 Å². The molecule has 2 heteroatoms. The quantitative estimate of drug-likeness (QED) is 0.744. The molecule has 2 nitrogen and oxygen atoms in total. The van der Waals surface area contributed by atoms with Gasteiger partial charge in [-0.25, -0.2) is 0 Å². The zero-order chi connectivity index (χ0) is 16.3. The van der Waals surface area contributed by atoms with Gasteiger partial charge in [0.15, 0.2) is 0 Å². The average Bonchev–Trinajstić information content (AvgIpc) is 2.45. The molecule has 23 heavy (non-hydrogen) atoms. The molecule has 0 unspecified atom stereocenters. The summed E-state index contributed by atoms with van der Waals surface area (Å²) in [5, 5.41) is 0.